The van der Waals surface area contributed by atoms with Crippen LogP contribution in [0.3, 0.4) is 0 Å². The molecule has 4 aromatic rings. The molecule has 1 atom stereocenters. The number of nitrogens with zero attached hydrogens (tertiary/aromatic N) is 6. The standard InChI is InChI=1S/C29H29N7O4/c1-3-4-14-34-25-26(32-28(34)33-13-7-8-21(31)17-33)35(18-24(37)40-2)29(39)36(27(25)38)16-20-12-11-19(15-30)22-9-5-6-10-23(20)22/h5-6,9-12,21H,7-8,13-14,16-18,31H2,1-2H3. The smallest absolute Gasteiger partial charge is 0.333 e. The van der Waals surface area contributed by atoms with Crippen LogP contribution in [-0.4, -0.2) is 50.9 Å². The summed E-state index contributed by atoms with van der Waals surface area (Å²) in [6, 6.07) is 12.9. The fourth-order valence-electron chi connectivity index (χ4n) is 5.26. The zero-order chi connectivity index (χ0) is 28.4. The van der Waals surface area contributed by atoms with Crippen molar-refractivity contribution in [3.8, 4) is 17.9 Å². The van der Waals surface area contributed by atoms with Gasteiger partial charge in [-0.1, -0.05) is 36.3 Å². The van der Waals surface area contributed by atoms with Gasteiger partial charge in [-0.2, -0.15) is 10.2 Å². The Bertz CT molecular complexity index is 1850. The third-order valence-corrected chi connectivity index (χ3v) is 7.23. The molecule has 0 bridgehead atoms. The number of fused-ring (bicyclic) bond motifs is 2. The summed E-state index contributed by atoms with van der Waals surface area (Å²) in [6.07, 6.45) is 1.73. The van der Waals surface area contributed by atoms with Crippen molar-refractivity contribution in [2.45, 2.75) is 45.4 Å². The van der Waals surface area contributed by atoms with Gasteiger partial charge in [-0.15, -0.1) is 5.92 Å². The Labute approximate surface area is 230 Å². The molecule has 204 valence electrons. The van der Waals surface area contributed by atoms with Crippen LogP contribution in [0.2, 0.25) is 0 Å². The van der Waals surface area contributed by atoms with E-state index in [1.807, 2.05) is 29.2 Å². The number of esters is 1. The van der Waals surface area contributed by atoms with Gasteiger partial charge in [0, 0.05) is 19.1 Å². The Hall–Kier alpha value is -4.87. The number of carbonyl (C=O) groups is 1. The van der Waals surface area contributed by atoms with Crippen molar-refractivity contribution in [2.75, 3.05) is 25.1 Å². The third-order valence-electron chi connectivity index (χ3n) is 7.23. The average Bonchev–Trinajstić information content (AvgIpc) is 3.35. The van der Waals surface area contributed by atoms with Crippen LogP contribution in [0.5, 0.6) is 0 Å². The minimum atomic E-state index is -0.690. The fourth-order valence-corrected chi connectivity index (χ4v) is 5.26. The Morgan fingerprint density at radius 2 is 1.93 bits per heavy atom. The second-order valence-electron chi connectivity index (χ2n) is 9.71. The first-order valence-electron chi connectivity index (χ1n) is 13.0. The number of benzene rings is 2. The predicted octanol–water partition coefficient (Wildman–Crippen LogP) is 1.56. The van der Waals surface area contributed by atoms with Crippen molar-refractivity contribution in [3.63, 3.8) is 0 Å². The minimum absolute atomic E-state index is 0.0575. The molecule has 1 unspecified atom stereocenters. The molecule has 11 heteroatoms. The molecule has 11 nitrogen and oxygen atoms in total. The van der Waals surface area contributed by atoms with Gasteiger partial charge in [-0.3, -0.25) is 23.3 Å². The van der Waals surface area contributed by atoms with Crippen LogP contribution in [0.1, 0.15) is 30.9 Å². The molecule has 1 saturated heterocycles. The fraction of sp³-hybridized carbons (Fsp3) is 0.345. The highest BCUT2D eigenvalue weighted by molar-refractivity contribution is 5.90. The number of nitrogens with two attached hydrogens (primary N) is 1. The molecule has 2 aromatic carbocycles. The van der Waals surface area contributed by atoms with Crippen molar-refractivity contribution >= 4 is 33.9 Å². The molecule has 5 rings (SSSR count). The molecule has 0 radical (unpaired) electrons. The van der Waals surface area contributed by atoms with E-state index in [0.717, 1.165) is 28.2 Å². The highest BCUT2D eigenvalue weighted by atomic mass is 16.5. The van der Waals surface area contributed by atoms with Crippen molar-refractivity contribution in [3.05, 3.63) is 68.4 Å². The minimum Gasteiger partial charge on any atom is -0.468 e. The lowest BCUT2D eigenvalue weighted by atomic mass is 10.00. The van der Waals surface area contributed by atoms with Gasteiger partial charge in [0.05, 0.1) is 31.8 Å². The SMILES string of the molecule is CC#CCn1c(N2CCCC(N)C2)nc2c1c(=O)n(Cc1ccc(C#N)c3ccccc13)c(=O)n2CC(=O)OC. The van der Waals surface area contributed by atoms with E-state index in [1.165, 1.54) is 11.7 Å². The number of aromatic nitrogens is 4. The Kier molecular flexibility index (Phi) is 7.41. The molecule has 40 heavy (non-hydrogen) atoms. The van der Waals surface area contributed by atoms with Gasteiger partial charge >= 0.3 is 11.7 Å². The van der Waals surface area contributed by atoms with E-state index in [-0.39, 0.29) is 30.3 Å². The topological polar surface area (TPSA) is 141 Å². The van der Waals surface area contributed by atoms with Gasteiger partial charge in [-0.25, -0.2) is 4.79 Å². The Morgan fingerprint density at radius 1 is 1.15 bits per heavy atom. The summed E-state index contributed by atoms with van der Waals surface area (Å²) in [6.45, 7) is 2.60. The molecule has 1 aliphatic heterocycles. The lowest BCUT2D eigenvalue weighted by Gasteiger charge is -2.31. The van der Waals surface area contributed by atoms with E-state index in [4.69, 9.17) is 15.5 Å². The third kappa shape index (κ3) is 4.72. The number of piperidine rings is 1. The highest BCUT2D eigenvalue weighted by Crippen LogP contribution is 2.25. The molecule has 2 aromatic heterocycles. The number of imidazole rings is 1. The first kappa shape index (κ1) is 26.7. The van der Waals surface area contributed by atoms with E-state index in [9.17, 15) is 19.6 Å². The number of hydrogen-bond donors (Lipinski definition) is 1. The number of rotatable bonds is 6. The van der Waals surface area contributed by atoms with E-state index in [0.29, 0.717) is 30.2 Å². The van der Waals surface area contributed by atoms with Gasteiger partial charge in [0.15, 0.2) is 11.2 Å². The van der Waals surface area contributed by atoms with Crippen LogP contribution in [0.25, 0.3) is 21.9 Å². The van der Waals surface area contributed by atoms with Gasteiger partial charge in [-0.05, 0) is 42.2 Å². The maximum absolute atomic E-state index is 14.1. The van der Waals surface area contributed by atoms with Gasteiger partial charge in [0.25, 0.3) is 5.56 Å². The van der Waals surface area contributed by atoms with E-state index in [2.05, 4.69) is 17.9 Å². The van der Waals surface area contributed by atoms with Crippen LogP contribution in [0.4, 0.5) is 5.95 Å². The molecule has 3 heterocycles. The van der Waals surface area contributed by atoms with E-state index in [1.54, 1.807) is 23.6 Å². The molecule has 0 saturated carbocycles. The number of nitriles is 1. The molecular formula is C29H29N7O4. The Balaban J connectivity index is 1.78. The number of anilines is 1. The molecule has 1 fully saturated rings. The van der Waals surface area contributed by atoms with Gasteiger partial charge in [0.2, 0.25) is 5.95 Å². The number of carbonyl (C=O) groups excluding carboxylic acids is 1. The number of hydrogen-bond acceptors (Lipinski definition) is 8. The van der Waals surface area contributed by atoms with Crippen molar-refractivity contribution in [1.29, 1.82) is 5.26 Å². The Morgan fingerprint density at radius 3 is 2.62 bits per heavy atom. The first-order valence-corrected chi connectivity index (χ1v) is 13.0. The highest BCUT2D eigenvalue weighted by Gasteiger charge is 2.27. The summed E-state index contributed by atoms with van der Waals surface area (Å²) >= 11 is 0. The first-order chi connectivity index (χ1) is 19.4. The van der Waals surface area contributed by atoms with Crippen LogP contribution in [-0.2, 0) is 29.2 Å². The second-order valence-corrected chi connectivity index (χ2v) is 9.71. The normalized spacial score (nSPS) is 15.1. The number of methoxy groups -OCH3 is 1. The predicted molar refractivity (Wildman–Crippen MR) is 151 cm³/mol. The van der Waals surface area contributed by atoms with Crippen molar-refractivity contribution < 1.29 is 9.53 Å². The summed E-state index contributed by atoms with van der Waals surface area (Å²) in [5.74, 6) is 5.70. The zero-order valence-corrected chi connectivity index (χ0v) is 22.4. The van der Waals surface area contributed by atoms with Crippen molar-refractivity contribution in [1.82, 2.24) is 18.7 Å². The van der Waals surface area contributed by atoms with Crippen LogP contribution in [0.15, 0.2) is 46.0 Å². The van der Waals surface area contributed by atoms with Gasteiger partial charge < -0.3 is 15.4 Å². The van der Waals surface area contributed by atoms with Crippen LogP contribution >= 0.6 is 0 Å². The number of ether oxygens (including phenoxy) is 1. The zero-order valence-electron chi connectivity index (χ0n) is 22.4. The molecule has 0 amide bonds. The second kappa shape index (κ2) is 11.1. The summed E-state index contributed by atoms with van der Waals surface area (Å²) in [5.41, 5.74) is 6.43. The van der Waals surface area contributed by atoms with Crippen molar-refractivity contribution in [2.24, 2.45) is 5.73 Å². The summed E-state index contributed by atoms with van der Waals surface area (Å²) < 4.78 is 8.84. The van der Waals surface area contributed by atoms with Gasteiger partial charge in [0.1, 0.15) is 6.54 Å². The summed E-state index contributed by atoms with van der Waals surface area (Å²) in [7, 11) is 1.24. The quantitative estimate of drug-likeness (QED) is 0.287. The maximum atomic E-state index is 14.1. The lowest BCUT2D eigenvalue weighted by molar-refractivity contribution is -0.141. The lowest BCUT2D eigenvalue weighted by Crippen LogP contribution is -2.44. The molecule has 2 N–H and O–H groups in total. The van der Waals surface area contributed by atoms with Crippen LogP contribution in [0, 0.1) is 23.2 Å². The molecule has 1 aliphatic rings. The summed E-state index contributed by atoms with van der Waals surface area (Å²) in [4.78, 5) is 47.1. The summed E-state index contributed by atoms with van der Waals surface area (Å²) in [5, 5.41) is 11.0. The molecule has 0 spiro atoms. The average molecular weight is 540 g/mol. The largest absolute Gasteiger partial charge is 0.468 e. The molecule has 0 aliphatic carbocycles. The van der Waals surface area contributed by atoms with E-state index < -0.39 is 23.8 Å². The molecular weight excluding hydrogens is 510 g/mol. The monoisotopic (exact) mass is 539 g/mol. The van der Waals surface area contributed by atoms with Crippen LogP contribution < -0.4 is 21.9 Å². The maximum Gasteiger partial charge on any atom is 0.333 e. The van der Waals surface area contributed by atoms with E-state index >= 15 is 0 Å².